The number of hydrogen-bond acceptors (Lipinski definition) is 7. The van der Waals surface area contributed by atoms with Crippen LogP contribution in [0, 0.1) is 12.3 Å². The van der Waals surface area contributed by atoms with Crippen LogP contribution in [0.1, 0.15) is 36.2 Å². The van der Waals surface area contributed by atoms with Crippen molar-refractivity contribution in [3.63, 3.8) is 0 Å². The van der Waals surface area contributed by atoms with Crippen molar-refractivity contribution in [3.8, 4) is 0 Å². The van der Waals surface area contributed by atoms with Gasteiger partial charge in [-0.15, -0.1) is 0 Å². The number of likely N-dealkylation sites (tertiary alicyclic amines) is 2. The Kier molecular flexibility index (Phi) is 5.82. The molecule has 2 aliphatic rings. The largest absolute Gasteiger partial charge is 0.350 e. The molecule has 4 heterocycles. The molecule has 0 bridgehead atoms. The van der Waals surface area contributed by atoms with Crippen LogP contribution in [0.5, 0.6) is 0 Å². The van der Waals surface area contributed by atoms with Crippen molar-refractivity contribution in [2.24, 2.45) is 5.41 Å². The zero-order valence-corrected chi connectivity index (χ0v) is 17.2. The second-order valence-electron chi connectivity index (χ2n) is 8.34. The van der Waals surface area contributed by atoms with Crippen molar-refractivity contribution in [2.45, 2.75) is 45.3 Å². The summed E-state index contributed by atoms with van der Waals surface area (Å²) in [6.07, 6.45) is 11.6. The van der Waals surface area contributed by atoms with Crippen LogP contribution in [0.3, 0.4) is 0 Å². The predicted octanol–water partition coefficient (Wildman–Crippen LogP) is 1.18. The molecule has 0 radical (unpaired) electrons. The molecule has 29 heavy (non-hydrogen) atoms. The number of aryl methyl sites for hydroxylation is 1. The van der Waals surface area contributed by atoms with Crippen molar-refractivity contribution >= 4 is 5.91 Å². The van der Waals surface area contributed by atoms with Gasteiger partial charge in [0.25, 0.3) is 0 Å². The molecule has 154 valence electrons. The first-order valence-corrected chi connectivity index (χ1v) is 10.3. The molecule has 2 aliphatic heterocycles. The summed E-state index contributed by atoms with van der Waals surface area (Å²) < 4.78 is 0. The fraction of sp³-hybridized carbons (Fsp3) is 0.571. The number of fused-ring (bicyclic) bond motifs is 1. The topological polar surface area (TPSA) is 87.1 Å². The highest BCUT2D eigenvalue weighted by molar-refractivity contribution is 5.83. The Bertz CT molecular complexity index is 829. The number of nitrogens with zero attached hydrogens (tertiary/aromatic N) is 6. The Hall–Kier alpha value is -2.45. The number of carbonyl (C=O) groups is 1. The van der Waals surface area contributed by atoms with Crippen LogP contribution in [-0.2, 0) is 17.9 Å². The average molecular weight is 396 g/mol. The maximum absolute atomic E-state index is 13.5. The van der Waals surface area contributed by atoms with Crippen LogP contribution in [0.2, 0.25) is 0 Å². The minimum absolute atomic E-state index is 0.145. The fourth-order valence-corrected chi connectivity index (χ4v) is 4.70. The van der Waals surface area contributed by atoms with Crippen molar-refractivity contribution in [1.29, 1.82) is 0 Å². The molecule has 1 N–H and O–H groups in total. The van der Waals surface area contributed by atoms with Gasteiger partial charge in [0, 0.05) is 43.3 Å². The van der Waals surface area contributed by atoms with Crippen LogP contribution in [0.4, 0.5) is 0 Å². The van der Waals surface area contributed by atoms with E-state index in [1.807, 2.05) is 19.3 Å². The van der Waals surface area contributed by atoms with Gasteiger partial charge in [0.1, 0.15) is 6.33 Å². The average Bonchev–Trinajstić information content (AvgIpc) is 2.74. The van der Waals surface area contributed by atoms with Crippen LogP contribution in [0.15, 0.2) is 31.1 Å². The molecular formula is C21H29N7O. The third-order valence-electron chi connectivity index (χ3n) is 6.29. The summed E-state index contributed by atoms with van der Waals surface area (Å²) in [5.74, 6) is 0.145. The fourth-order valence-electron chi connectivity index (χ4n) is 4.70. The van der Waals surface area contributed by atoms with Gasteiger partial charge in [-0.2, -0.15) is 0 Å². The first-order chi connectivity index (χ1) is 14.1. The van der Waals surface area contributed by atoms with E-state index in [9.17, 15) is 4.79 Å². The predicted molar refractivity (Wildman–Crippen MR) is 109 cm³/mol. The lowest BCUT2D eigenvalue weighted by atomic mass is 9.67. The van der Waals surface area contributed by atoms with Crippen LogP contribution in [-0.4, -0.2) is 68.4 Å². The summed E-state index contributed by atoms with van der Waals surface area (Å²) in [6, 6.07) is 0.180. The van der Waals surface area contributed by atoms with E-state index in [0.29, 0.717) is 6.54 Å². The first kappa shape index (κ1) is 19.8. The summed E-state index contributed by atoms with van der Waals surface area (Å²) in [4.78, 5) is 35.2. The summed E-state index contributed by atoms with van der Waals surface area (Å²) >= 11 is 0. The molecule has 4 rings (SSSR count). The van der Waals surface area contributed by atoms with Gasteiger partial charge in [0.15, 0.2) is 0 Å². The summed E-state index contributed by atoms with van der Waals surface area (Å²) in [5, 5.41) is 3.17. The Morgan fingerprint density at radius 3 is 2.76 bits per heavy atom. The number of aromatic nitrogens is 4. The van der Waals surface area contributed by atoms with Crippen molar-refractivity contribution in [3.05, 3.63) is 48.1 Å². The Morgan fingerprint density at radius 1 is 1.17 bits per heavy atom. The second-order valence-corrected chi connectivity index (χ2v) is 8.34. The quantitative estimate of drug-likeness (QED) is 0.813. The monoisotopic (exact) mass is 395 g/mol. The second kappa shape index (κ2) is 8.51. The molecule has 8 heteroatoms. The molecule has 2 saturated heterocycles. The number of amides is 1. The maximum Gasteiger partial charge on any atom is 0.228 e. The van der Waals surface area contributed by atoms with Gasteiger partial charge in [0.05, 0.1) is 29.5 Å². The molecule has 0 aromatic carbocycles. The number of rotatable bonds is 5. The van der Waals surface area contributed by atoms with E-state index in [1.165, 1.54) is 0 Å². The van der Waals surface area contributed by atoms with Crippen LogP contribution in [0.25, 0.3) is 0 Å². The van der Waals surface area contributed by atoms with Crippen molar-refractivity contribution in [1.82, 2.24) is 35.1 Å². The van der Waals surface area contributed by atoms with Gasteiger partial charge in [-0.25, -0.2) is 9.97 Å². The molecule has 0 aliphatic carbocycles. The summed E-state index contributed by atoms with van der Waals surface area (Å²) in [7, 11) is 2.14. The Labute approximate surface area is 171 Å². The molecule has 1 amide bonds. The van der Waals surface area contributed by atoms with E-state index < -0.39 is 0 Å². The third-order valence-corrected chi connectivity index (χ3v) is 6.29. The van der Waals surface area contributed by atoms with Gasteiger partial charge in [-0.05, 0) is 46.3 Å². The minimum Gasteiger partial charge on any atom is -0.350 e. The molecule has 0 spiro atoms. The molecular weight excluding hydrogens is 366 g/mol. The smallest absolute Gasteiger partial charge is 0.228 e. The van der Waals surface area contributed by atoms with Crippen molar-refractivity contribution < 1.29 is 4.79 Å². The lowest BCUT2D eigenvalue weighted by Gasteiger charge is -2.53. The standard InChI is InChI=1S/C21H29N7O/c1-16-8-25-18(11-24-16)12-26-20(29)21-4-3-6-28(13-17-9-22-15-23-10-17)19(21)14-27(2)7-5-21/h8-11,15,19H,3-7,12-14H2,1-2H3,(H,26,29)/t19-,21+/m0/s1. The van der Waals surface area contributed by atoms with Gasteiger partial charge in [0.2, 0.25) is 5.91 Å². The highest BCUT2D eigenvalue weighted by Gasteiger charge is 2.52. The van der Waals surface area contributed by atoms with Gasteiger partial charge in [-0.1, -0.05) is 0 Å². The minimum atomic E-state index is -0.363. The summed E-state index contributed by atoms with van der Waals surface area (Å²) in [5.41, 5.74) is 2.39. The highest BCUT2D eigenvalue weighted by atomic mass is 16.2. The normalized spacial score (nSPS) is 25.4. The molecule has 2 atom stereocenters. The molecule has 0 unspecified atom stereocenters. The van der Waals surface area contributed by atoms with Crippen LogP contribution < -0.4 is 5.32 Å². The molecule has 2 fully saturated rings. The molecule has 0 saturated carbocycles. The van der Waals surface area contributed by atoms with E-state index in [0.717, 1.165) is 62.4 Å². The third kappa shape index (κ3) is 4.28. The number of nitrogens with one attached hydrogen (secondary N) is 1. The lowest BCUT2D eigenvalue weighted by Crippen LogP contribution is -2.65. The highest BCUT2D eigenvalue weighted by Crippen LogP contribution is 2.43. The molecule has 2 aromatic rings. The Morgan fingerprint density at radius 2 is 2.00 bits per heavy atom. The SMILES string of the molecule is Cc1cnc(CNC(=O)[C@@]23CCCN(Cc4cncnc4)[C@H]2CN(C)CC3)cn1. The number of piperidine rings is 2. The molecule has 8 nitrogen and oxygen atoms in total. The van der Waals surface area contributed by atoms with E-state index in [4.69, 9.17) is 0 Å². The van der Waals surface area contributed by atoms with Gasteiger partial charge < -0.3 is 10.2 Å². The van der Waals surface area contributed by atoms with E-state index in [1.54, 1.807) is 18.7 Å². The van der Waals surface area contributed by atoms with E-state index >= 15 is 0 Å². The zero-order valence-electron chi connectivity index (χ0n) is 17.2. The number of likely N-dealkylation sites (N-methyl/N-ethyl adjacent to an activating group) is 1. The summed E-state index contributed by atoms with van der Waals surface area (Å²) in [6.45, 7) is 5.93. The van der Waals surface area contributed by atoms with Crippen LogP contribution >= 0.6 is 0 Å². The van der Waals surface area contributed by atoms with E-state index in [-0.39, 0.29) is 17.4 Å². The lowest BCUT2D eigenvalue weighted by molar-refractivity contribution is -0.145. The molecule has 2 aromatic heterocycles. The number of hydrogen-bond donors (Lipinski definition) is 1. The maximum atomic E-state index is 13.5. The number of carbonyl (C=O) groups excluding carboxylic acids is 1. The zero-order chi connectivity index (χ0) is 20.3. The van der Waals surface area contributed by atoms with Gasteiger partial charge in [-0.3, -0.25) is 19.7 Å². The van der Waals surface area contributed by atoms with Crippen molar-refractivity contribution in [2.75, 3.05) is 26.7 Å². The van der Waals surface area contributed by atoms with Gasteiger partial charge >= 0.3 is 0 Å². The first-order valence-electron chi connectivity index (χ1n) is 10.3. The Balaban J connectivity index is 1.51. The van der Waals surface area contributed by atoms with E-state index in [2.05, 4.69) is 42.1 Å².